The standard InChI is InChI=1S/C18H29FN2/c1-4-18(5-2,13-20-15-11-12-15)14-21(6-3)17-10-8-7-9-16(17)19/h7-10,15,20H,4-6,11-14H2,1-3H3. The summed E-state index contributed by atoms with van der Waals surface area (Å²) in [5.74, 6) is -0.115. The molecular weight excluding hydrogens is 263 g/mol. The van der Waals surface area contributed by atoms with Gasteiger partial charge in [0.1, 0.15) is 5.82 Å². The van der Waals surface area contributed by atoms with Gasteiger partial charge < -0.3 is 10.2 Å². The van der Waals surface area contributed by atoms with Gasteiger partial charge in [-0.15, -0.1) is 0 Å². The maximum Gasteiger partial charge on any atom is 0.146 e. The number of para-hydroxylation sites is 1. The number of hydrogen-bond donors (Lipinski definition) is 1. The van der Waals surface area contributed by atoms with Crippen LogP contribution in [0.15, 0.2) is 24.3 Å². The van der Waals surface area contributed by atoms with Crippen LogP contribution < -0.4 is 10.2 Å². The third-order valence-corrected chi connectivity index (χ3v) is 4.94. The minimum atomic E-state index is -0.115. The molecule has 118 valence electrons. The van der Waals surface area contributed by atoms with Gasteiger partial charge in [-0.05, 0) is 50.2 Å². The first-order valence-corrected chi connectivity index (χ1v) is 8.37. The first-order valence-electron chi connectivity index (χ1n) is 8.37. The van der Waals surface area contributed by atoms with Gasteiger partial charge in [0.05, 0.1) is 5.69 Å². The molecule has 0 saturated heterocycles. The molecule has 3 heteroatoms. The minimum absolute atomic E-state index is 0.115. The summed E-state index contributed by atoms with van der Waals surface area (Å²) in [6, 6.07) is 7.85. The van der Waals surface area contributed by atoms with Gasteiger partial charge in [-0.1, -0.05) is 26.0 Å². The number of rotatable bonds is 9. The Balaban J connectivity index is 2.10. The van der Waals surface area contributed by atoms with Gasteiger partial charge in [0.15, 0.2) is 0 Å². The van der Waals surface area contributed by atoms with E-state index in [1.165, 1.54) is 12.8 Å². The lowest BCUT2D eigenvalue weighted by Gasteiger charge is -2.38. The molecule has 1 saturated carbocycles. The van der Waals surface area contributed by atoms with E-state index >= 15 is 0 Å². The summed E-state index contributed by atoms with van der Waals surface area (Å²) in [4.78, 5) is 2.19. The molecule has 0 spiro atoms. The molecule has 0 atom stereocenters. The zero-order valence-electron chi connectivity index (χ0n) is 13.7. The third-order valence-electron chi connectivity index (χ3n) is 4.94. The minimum Gasteiger partial charge on any atom is -0.369 e. The molecule has 0 aliphatic heterocycles. The Bertz CT molecular complexity index is 439. The Morgan fingerprint density at radius 3 is 2.38 bits per heavy atom. The molecule has 1 fully saturated rings. The van der Waals surface area contributed by atoms with Crippen molar-refractivity contribution >= 4 is 5.69 Å². The van der Waals surface area contributed by atoms with Crippen molar-refractivity contribution in [1.82, 2.24) is 5.32 Å². The third kappa shape index (κ3) is 4.19. The van der Waals surface area contributed by atoms with Crippen molar-refractivity contribution < 1.29 is 4.39 Å². The summed E-state index contributed by atoms with van der Waals surface area (Å²) < 4.78 is 14.1. The van der Waals surface area contributed by atoms with Crippen LogP contribution in [0.25, 0.3) is 0 Å². The molecule has 0 radical (unpaired) electrons. The Kier molecular flexibility index (Phi) is 5.63. The lowest BCUT2D eigenvalue weighted by molar-refractivity contribution is 0.251. The van der Waals surface area contributed by atoms with Crippen molar-refractivity contribution in [2.45, 2.75) is 52.5 Å². The highest BCUT2D eigenvalue weighted by Gasteiger charge is 2.32. The molecule has 0 heterocycles. The van der Waals surface area contributed by atoms with Crippen LogP contribution in [0.5, 0.6) is 0 Å². The topological polar surface area (TPSA) is 15.3 Å². The number of hydrogen-bond acceptors (Lipinski definition) is 2. The fraction of sp³-hybridized carbons (Fsp3) is 0.667. The second-order valence-electron chi connectivity index (χ2n) is 6.33. The quantitative estimate of drug-likeness (QED) is 0.733. The number of anilines is 1. The van der Waals surface area contributed by atoms with E-state index in [-0.39, 0.29) is 11.2 Å². The Morgan fingerprint density at radius 2 is 1.86 bits per heavy atom. The molecule has 1 aromatic carbocycles. The van der Waals surface area contributed by atoms with E-state index in [9.17, 15) is 4.39 Å². The highest BCUT2D eigenvalue weighted by Crippen LogP contribution is 2.31. The van der Waals surface area contributed by atoms with E-state index in [0.29, 0.717) is 0 Å². The zero-order valence-corrected chi connectivity index (χ0v) is 13.7. The highest BCUT2D eigenvalue weighted by molar-refractivity contribution is 5.47. The lowest BCUT2D eigenvalue weighted by atomic mass is 9.81. The summed E-state index contributed by atoms with van der Waals surface area (Å²) in [7, 11) is 0. The molecular formula is C18H29FN2. The lowest BCUT2D eigenvalue weighted by Crippen LogP contribution is -2.44. The van der Waals surface area contributed by atoms with Crippen LogP contribution in [0.1, 0.15) is 46.5 Å². The van der Waals surface area contributed by atoms with Gasteiger partial charge in [-0.3, -0.25) is 0 Å². The number of nitrogens with zero attached hydrogens (tertiary/aromatic N) is 1. The van der Waals surface area contributed by atoms with Gasteiger partial charge >= 0.3 is 0 Å². The predicted octanol–water partition coefficient (Wildman–Crippen LogP) is 4.21. The van der Waals surface area contributed by atoms with Gasteiger partial charge in [-0.2, -0.15) is 0 Å². The fourth-order valence-corrected chi connectivity index (χ4v) is 2.91. The van der Waals surface area contributed by atoms with Crippen LogP contribution in [0, 0.1) is 11.2 Å². The Morgan fingerprint density at radius 1 is 1.19 bits per heavy atom. The Labute approximate surface area is 128 Å². The first-order chi connectivity index (χ1) is 10.1. The normalized spacial score (nSPS) is 15.2. The fourth-order valence-electron chi connectivity index (χ4n) is 2.91. The van der Waals surface area contributed by atoms with E-state index in [1.807, 2.05) is 12.1 Å². The Hall–Kier alpha value is -1.09. The molecule has 0 bridgehead atoms. The van der Waals surface area contributed by atoms with Crippen LogP contribution in [0.4, 0.5) is 10.1 Å². The van der Waals surface area contributed by atoms with Gasteiger partial charge in [0.25, 0.3) is 0 Å². The van der Waals surface area contributed by atoms with Crippen molar-refractivity contribution in [3.05, 3.63) is 30.1 Å². The predicted molar refractivity (Wildman–Crippen MR) is 88.3 cm³/mol. The van der Waals surface area contributed by atoms with Crippen LogP contribution >= 0.6 is 0 Å². The maximum absolute atomic E-state index is 14.1. The molecule has 1 aliphatic carbocycles. The van der Waals surface area contributed by atoms with Crippen LogP contribution in [0.3, 0.4) is 0 Å². The average Bonchev–Trinajstić information content (AvgIpc) is 3.34. The summed E-state index contributed by atoms with van der Waals surface area (Å²) in [6.07, 6.45) is 4.87. The average molecular weight is 292 g/mol. The first kappa shape index (κ1) is 16.3. The summed E-state index contributed by atoms with van der Waals surface area (Å²) in [5.41, 5.74) is 0.957. The summed E-state index contributed by atoms with van der Waals surface area (Å²) >= 11 is 0. The molecule has 2 nitrogen and oxygen atoms in total. The maximum atomic E-state index is 14.1. The molecule has 21 heavy (non-hydrogen) atoms. The largest absolute Gasteiger partial charge is 0.369 e. The van der Waals surface area contributed by atoms with E-state index in [0.717, 1.165) is 44.2 Å². The van der Waals surface area contributed by atoms with Crippen LogP contribution in [0.2, 0.25) is 0 Å². The second-order valence-corrected chi connectivity index (χ2v) is 6.33. The summed E-state index contributed by atoms with van der Waals surface area (Å²) in [6.45, 7) is 9.41. The van der Waals surface area contributed by atoms with E-state index in [2.05, 4.69) is 31.0 Å². The van der Waals surface area contributed by atoms with Crippen molar-refractivity contribution in [2.75, 3.05) is 24.5 Å². The molecule has 0 unspecified atom stereocenters. The van der Waals surface area contributed by atoms with Crippen molar-refractivity contribution in [2.24, 2.45) is 5.41 Å². The molecule has 1 N–H and O–H groups in total. The number of nitrogens with one attached hydrogen (secondary N) is 1. The smallest absolute Gasteiger partial charge is 0.146 e. The van der Waals surface area contributed by atoms with E-state index in [1.54, 1.807) is 12.1 Å². The van der Waals surface area contributed by atoms with Gasteiger partial charge in [0.2, 0.25) is 0 Å². The highest BCUT2D eigenvalue weighted by atomic mass is 19.1. The molecule has 1 aromatic rings. The molecule has 0 amide bonds. The van der Waals surface area contributed by atoms with Gasteiger partial charge in [0, 0.05) is 25.7 Å². The number of halogens is 1. The van der Waals surface area contributed by atoms with Crippen LogP contribution in [-0.2, 0) is 0 Å². The monoisotopic (exact) mass is 292 g/mol. The van der Waals surface area contributed by atoms with Crippen LogP contribution in [-0.4, -0.2) is 25.7 Å². The van der Waals surface area contributed by atoms with Crippen molar-refractivity contribution in [3.8, 4) is 0 Å². The molecule has 2 rings (SSSR count). The number of benzene rings is 1. The van der Waals surface area contributed by atoms with Gasteiger partial charge in [-0.25, -0.2) is 4.39 Å². The summed E-state index contributed by atoms with van der Waals surface area (Å²) in [5, 5.41) is 3.67. The second kappa shape index (κ2) is 7.26. The SMILES string of the molecule is CCN(CC(CC)(CC)CNC1CC1)c1ccccc1F. The molecule has 0 aromatic heterocycles. The molecule has 1 aliphatic rings. The van der Waals surface area contributed by atoms with E-state index < -0.39 is 0 Å². The van der Waals surface area contributed by atoms with Crippen molar-refractivity contribution in [1.29, 1.82) is 0 Å². The van der Waals surface area contributed by atoms with Crippen molar-refractivity contribution in [3.63, 3.8) is 0 Å². The zero-order chi connectivity index (χ0) is 15.3. The van der Waals surface area contributed by atoms with E-state index in [4.69, 9.17) is 0 Å².